The summed E-state index contributed by atoms with van der Waals surface area (Å²) in [7, 11) is -1.49. The van der Waals surface area contributed by atoms with E-state index in [2.05, 4.69) is 5.32 Å². The number of aliphatic carboxylic acids is 1. The van der Waals surface area contributed by atoms with Crippen LogP contribution in [0.5, 0.6) is 0 Å². The van der Waals surface area contributed by atoms with Gasteiger partial charge in [-0.3, -0.25) is 14.5 Å². The summed E-state index contributed by atoms with van der Waals surface area (Å²) >= 11 is 0. The van der Waals surface area contributed by atoms with Crippen molar-refractivity contribution in [1.29, 1.82) is 0 Å². The van der Waals surface area contributed by atoms with Crippen molar-refractivity contribution in [3.05, 3.63) is 0 Å². The van der Waals surface area contributed by atoms with E-state index in [1.807, 2.05) is 0 Å². The fraction of sp³-hybridized carbons (Fsp3) is 0.818. The van der Waals surface area contributed by atoms with Crippen molar-refractivity contribution in [2.75, 3.05) is 25.1 Å². The van der Waals surface area contributed by atoms with E-state index in [-0.39, 0.29) is 30.0 Å². The van der Waals surface area contributed by atoms with Crippen molar-refractivity contribution in [2.45, 2.75) is 31.8 Å². The normalized spacial score (nSPS) is 22.4. The Labute approximate surface area is 112 Å². The van der Waals surface area contributed by atoms with Crippen molar-refractivity contribution < 1.29 is 23.1 Å². The topological polar surface area (TPSA) is 104 Å². The molecule has 1 heterocycles. The number of hydrogen-bond acceptors (Lipinski definition) is 5. The molecule has 2 N–H and O–H groups in total. The van der Waals surface area contributed by atoms with Gasteiger partial charge in [0.05, 0.1) is 18.1 Å². The number of likely N-dealkylation sites (N-methyl/N-ethyl adjacent to an activating group) is 1. The second kappa shape index (κ2) is 5.46. The molecule has 0 bridgehead atoms. The predicted octanol–water partition coefficient (Wildman–Crippen LogP) is -0.915. The van der Waals surface area contributed by atoms with Crippen molar-refractivity contribution in [1.82, 2.24) is 10.2 Å². The van der Waals surface area contributed by atoms with Gasteiger partial charge in [0, 0.05) is 6.04 Å². The highest BCUT2D eigenvalue weighted by molar-refractivity contribution is 7.91. The largest absolute Gasteiger partial charge is 0.480 e. The van der Waals surface area contributed by atoms with Crippen LogP contribution in [-0.2, 0) is 19.4 Å². The van der Waals surface area contributed by atoms with Gasteiger partial charge in [-0.05, 0) is 27.3 Å². The van der Waals surface area contributed by atoms with Crippen LogP contribution in [0, 0.1) is 0 Å². The van der Waals surface area contributed by atoms with E-state index in [4.69, 9.17) is 5.11 Å². The Hall–Kier alpha value is -1.15. The molecule has 1 aliphatic rings. The number of hydrogen-bond donors (Lipinski definition) is 2. The lowest BCUT2D eigenvalue weighted by Gasteiger charge is -2.31. The van der Waals surface area contributed by atoms with Gasteiger partial charge in [0.2, 0.25) is 5.91 Å². The lowest BCUT2D eigenvalue weighted by molar-refractivity contribution is -0.149. The van der Waals surface area contributed by atoms with Crippen LogP contribution in [0.2, 0.25) is 0 Å². The molecule has 1 atom stereocenters. The Balaban J connectivity index is 2.51. The van der Waals surface area contributed by atoms with Crippen molar-refractivity contribution in [3.63, 3.8) is 0 Å². The zero-order valence-electron chi connectivity index (χ0n) is 11.3. The molecular formula is C11H20N2O5S. The number of carbonyl (C=O) groups is 2. The molecule has 19 heavy (non-hydrogen) atoms. The van der Waals surface area contributed by atoms with Gasteiger partial charge in [-0.15, -0.1) is 0 Å². The lowest BCUT2D eigenvalue weighted by Crippen LogP contribution is -2.52. The highest BCUT2D eigenvalue weighted by Crippen LogP contribution is 2.13. The molecule has 0 aromatic rings. The molecular weight excluding hydrogens is 272 g/mol. The van der Waals surface area contributed by atoms with Gasteiger partial charge in [0.1, 0.15) is 5.54 Å². The first kappa shape index (κ1) is 15.9. The Morgan fingerprint density at radius 2 is 2.00 bits per heavy atom. The second-order valence-corrected chi connectivity index (χ2v) is 7.62. The zero-order chi connectivity index (χ0) is 14.8. The summed E-state index contributed by atoms with van der Waals surface area (Å²) < 4.78 is 22.5. The van der Waals surface area contributed by atoms with Crippen molar-refractivity contribution in [3.8, 4) is 0 Å². The van der Waals surface area contributed by atoms with Crippen LogP contribution in [-0.4, -0.2) is 67.0 Å². The molecule has 0 radical (unpaired) electrons. The van der Waals surface area contributed by atoms with E-state index in [1.54, 1.807) is 7.05 Å². The Morgan fingerprint density at radius 3 is 2.42 bits per heavy atom. The van der Waals surface area contributed by atoms with Gasteiger partial charge in [0.25, 0.3) is 0 Å². The van der Waals surface area contributed by atoms with Gasteiger partial charge in [0.15, 0.2) is 9.84 Å². The number of carbonyl (C=O) groups excluding carboxylic acids is 1. The van der Waals surface area contributed by atoms with E-state index in [1.165, 1.54) is 18.7 Å². The smallest absolute Gasteiger partial charge is 0.323 e. The molecule has 0 aromatic carbocycles. The number of sulfone groups is 1. The second-order valence-electron chi connectivity index (χ2n) is 5.39. The van der Waals surface area contributed by atoms with Crippen LogP contribution < -0.4 is 5.32 Å². The number of carboxylic acids is 1. The van der Waals surface area contributed by atoms with E-state index < -0.39 is 21.3 Å². The van der Waals surface area contributed by atoms with Gasteiger partial charge in [-0.2, -0.15) is 0 Å². The molecule has 1 fully saturated rings. The van der Waals surface area contributed by atoms with Gasteiger partial charge in [-0.1, -0.05) is 0 Å². The first-order valence-electron chi connectivity index (χ1n) is 5.99. The van der Waals surface area contributed by atoms with Crippen LogP contribution in [0.4, 0.5) is 0 Å². The van der Waals surface area contributed by atoms with E-state index >= 15 is 0 Å². The summed E-state index contributed by atoms with van der Waals surface area (Å²) in [5, 5.41) is 11.6. The average molecular weight is 292 g/mol. The van der Waals surface area contributed by atoms with Crippen LogP contribution in [0.3, 0.4) is 0 Å². The van der Waals surface area contributed by atoms with Crippen LogP contribution >= 0.6 is 0 Å². The number of amides is 1. The van der Waals surface area contributed by atoms with Crippen molar-refractivity contribution in [2.24, 2.45) is 0 Å². The number of nitrogens with zero attached hydrogens (tertiary/aromatic N) is 1. The molecule has 110 valence electrons. The first-order chi connectivity index (χ1) is 8.54. The molecule has 1 aliphatic heterocycles. The van der Waals surface area contributed by atoms with Crippen LogP contribution in [0.25, 0.3) is 0 Å². The van der Waals surface area contributed by atoms with E-state index in [0.29, 0.717) is 6.42 Å². The zero-order valence-corrected chi connectivity index (χ0v) is 12.2. The van der Waals surface area contributed by atoms with E-state index in [9.17, 15) is 18.0 Å². The third kappa shape index (κ3) is 4.17. The monoisotopic (exact) mass is 292 g/mol. The molecule has 0 spiro atoms. The highest BCUT2D eigenvalue weighted by Gasteiger charge is 2.34. The molecule has 1 amide bonds. The molecule has 1 saturated heterocycles. The summed E-state index contributed by atoms with van der Waals surface area (Å²) in [6.45, 7) is 2.92. The maximum atomic E-state index is 11.7. The molecule has 1 unspecified atom stereocenters. The SMILES string of the molecule is CN(CC(=O)NC1CCS(=O)(=O)C1)C(C)(C)C(=O)O. The lowest BCUT2D eigenvalue weighted by atomic mass is 10.0. The number of nitrogens with one attached hydrogen (secondary N) is 1. The van der Waals surface area contributed by atoms with Crippen LogP contribution in [0.1, 0.15) is 20.3 Å². The third-order valence-corrected chi connectivity index (χ3v) is 5.22. The quantitative estimate of drug-likeness (QED) is 0.679. The Morgan fingerprint density at radius 1 is 1.42 bits per heavy atom. The molecule has 8 heteroatoms. The molecule has 0 aliphatic carbocycles. The minimum atomic E-state index is -3.03. The molecule has 0 aromatic heterocycles. The summed E-state index contributed by atoms with van der Waals surface area (Å²) in [5.41, 5.74) is -1.15. The number of carboxylic acid groups (broad SMARTS) is 1. The third-order valence-electron chi connectivity index (χ3n) is 3.46. The standard InChI is InChI=1S/C11H20N2O5S/c1-11(2,10(15)16)13(3)6-9(14)12-8-4-5-19(17,18)7-8/h8H,4-7H2,1-3H3,(H,12,14)(H,15,16). The van der Waals surface area contributed by atoms with Crippen LogP contribution in [0.15, 0.2) is 0 Å². The Kier molecular flexibility index (Phi) is 4.57. The van der Waals surface area contributed by atoms with Gasteiger partial charge in [-0.25, -0.2) is 8.42 Å². The summed E-state index contributed by atoms with van der Waals surface area (Å²) in [4.78, 5) is 24.2. The van der Waals surface area contributed by atoms with E-state index in [0.717, 1.165) is 0 Å². The minimum Gasteiger partial charge on any atom is -0.480 e. The maximum Gasteiger partial charge on any atom is 0.323 e. The van der Waals surface area contributed by atoms with Crippen molar-refractivity contribution >= 4 is 21.7 Å². The number of rotatable bonds is 5. The first-order valence-corrected chi connectivity index (χ1v) is 7.81. The predicted molar refractivity (Wildman–Crippen MR) is 69.5 cm³/mol. The molecule has 7 nitrogen and oxygen atoms in total. The summed E-state index contributed by atoms with van der Waals surface area (Å²) in [6.07, 6.45) is 0.417. The maximum absolute atomic E-state index is 11.7. The average Bonchev–Trinajstić information content (AvgIpc) is 2.57. The fourth-order valence-corrected chi connectivity index (χ4v) is 3.43. The highest BCUT2D eigenvalue weighted by atomic mass is 32.2. The minimum absolute atomic E-state index is 0.0369. The van der Waals surface area contributed by atoms with Gasteiger partial charge < -0.3 is 10.4 Å². The Bertz CT molecular complexity index is 471. The summed E-state index contributed by atoms with van der Waals surface area (Å²) in [5.74, 6) is -1.33. The fourth-order valence-electron chi connectivity index (χ4n) is 1.76. The molecule has 1 rings (SSSR count). The van der Waals surface area contributed by atoms with Gasteiger partial charge >= 0.3 is 5.97 Å². The molecule has 0 saturated carbocycles. The summed E-state index contributed by atoms with van der Waals surface area (Å²) in [6, 6.07) is -0.362.